The van der Waals surface area contributed by atoms with Crippen LogP contribution < -0.4 is 5.73 Å². The molecule has 1 atom stereocenters. The largest absolute Gasteiger partial charge is 0.320 e. The minimum absolute atomic E-state index is 0.331. The second-order valence-electron chi connectivity index (χ2n) is 2.93. The molecular weight excluding hydrogens is 253 g/mol. The van der Waals surface area contributed by atoms with Gasteiger partial charge in [-0.1, -0.05) is 23.2 Å². The third-order valence-electron chi connectivity index (χ3n) is 1.96. The van der Waals surface area contributed by atoms with Crippen molar-refractivity contribution < 1.29 is 0 Å². The molecular formula is C9H7Cl2N3S. The Labute approximate surface area is 101 Å². The van der Waals surface area contributed by atoms with Gasteiger partial charge in [-0.05, 0) is 6.07 Å². The highest BCUT2D eigenvalue weighted by Gasteiger charge is 2.15. The van der Waals surface area contributed by atoms with Gasteiger partial charge in [0.1, 0.15) is 6.33 Å². The van der Waals surface area contributed by atoms with Crippen LogP contribution in [0.1, 0.15) is 17.2 Å². The number of halogens is 2. The summed E-state index contributed by atoms with van der Waals surface area (Å²) in [4.78, 5) is 7.81. The third kappa shape index (κ3) is 2.29. The van der Waals surface area contributed by atoms with Crippen LogP contribution in [0.5, 0.6) is 0 Å². The summed E-state index contributed by atoms with van der Waals surface area (Å²) < 4.78 is 1.23. The van der Waals surface area contributed by atoms with Gasteiger partial charge in [-0.2, -0.15) is 0 Å². The topological polar surface area (TPSA) is 51.8 Å². The van der Waals surface area contributed by atoms with Gasteiger partial charge in [0.05, 0.1) is 14.7 Å². The second-order valence-corrected chi connectivity index (χ2v) is 5.21. The van der Waals surface area contributed by atoms with Crippen LogP contribution in [0.3, 0.4) is 0 Å². The van der Waals surface area contributed by atoms with E-state index >= 15 is 0 Å². The lowest BCUT2D eigenvalue weighted by molar-refractivity contribution is 0.855. The molecule has 0 amide bonds. The van der Waals surface area contributed by atoms with Crippen LogP contribution in [0.2, 0.25) is 8.67 Å². The Hall–Kier alpha value is -0.680. The Morgan fingerprint density at radius 2 is 1.93 bits per heavy atom. The van der Waals surface area contributed by atoms with Crippen molar-refractivity contribution in [1.82, 2.24) is 9.97 Å². The van der Waals surface area contributed by atoms with Crippen molar-refractivity contribution in [2.75, 3.05) is 0 Å². The van der Waals surface area contributed by atoms with Crippen LogP contribution in [0.4, 0.5) is 0 Å². The van der Waals surface area contributed by atoms with Gasteiger partial charge in [-0.3, -0.25) is 0 Å². The minimum atomic E-state index is -0.331. The molecule has 0 aliphatic carbocycles. The monoisotopic (exact) mass is 259 g/mol. The molecule has 0 spiro atoms. The molecule has 0 aromatic carbocycles. The maximum atomic E-state index is 6.01. The first-order valence-electron chi connectivity index (χ1n) is 4.13. The molecule has 0 saturated carbocycles. The summed E-state index contributed by atoms with van der Waals surface area (Å²) in [5, 5.41) is 0. The lowest BCUT2D eigenvalue weighted by Gasteiger charge is -2.09. The van der Waals surface area contributed by atoms with Gasteiger partial charge in [0.25, 0.3) is 0 Å². The molecule has 2 aromatic rings. The number of rotatable bonds is 2. The maximum absolute atomic E-state index is 6.01. The second kappa shape index (κ2) is 4.45. The fourth-order valence-electron chi connectivity index (χ4n) is 1.22. The van der Waals surface area contributed by atoms with E-state index in [4.69, 9.17) is 28.9 Å². The van der Waals surface area contributed by atoms with E-state index in [1.165, 1.54) is 17.7 Å². The molecule has 6 heteroatoms. The Balaban J connectivity index is 2.36. The lowest BCUT2D eigenvalue weighted by atomic mass is 10.1. The molecule has 0 fully saturated rings. The summed E-state index contributed by atoms with van der Waals surface area (Å²) in [7, 11) is 0. The summed E-state index contributed by atoms with van der Waals surface area (Å²) in [5.41, 5.74) is 7.63. The van der Waals surface area contributed by atoms with Gasteiger partial charge in [-0.15, -0.1) is 11.3 Å². The van der Waals surface area contributed by atoms with Crippen molar-refractivity contribution in [2.45, 2.75) is 6.04 Å². The molecule has 3 nitrogen and oxygen atoms in total. The normalized spacial score (nSPS) is 12.7. The molecule has 0 bridgehead atoms. The SMILES string of the molecule is NC(c1cncnc1)c1cc(Cl)sc1Cl. The van der Waals surface area contributed by atoms with Crippen molar-refractivity contribution in [3.05, 3.63) is 44.6 Å². The van der Waals surface area contributed by atoms with Gasteiger partial charge in [0.15, 0.2) is 0 Å². The summed E-state index contributed by atoms with van der Waals surface area (Å²) in [6, 6.07) is 1.44. The van der Waals surface area contributed by atoms with Crippen LogP contribution in [0.15, 0.2) is 24.8 Å². The lowest BCUT2D eigenvalue weighted by Crippen LogP contribution is -2.11. The molecule has 2 N–H and O–H groups in total. The van der Waals surface area contributed by atoms with Crippen molar-refractivity contribution in [3.63, 3.8) is 0 Å². The predicted octanol–water partition coefficient (Wildman–Crippen LogP) is 2.89. The van der Waals surface area contributed by atoms with Crippen molar-refractivity contribution in [3.8, 4) is 0 Å². The van der Waals surface area contributed by atoms with Crippen molar-refractivity contribution >= 4 is 34.5 Å². The van der Waals surface area contributed by atoms with E-state index in [1.807, 2.05) is 0 Å². The molecule has 2 heterocycles. The van der Waals surface area contributed by atoms with Gasteiger partial charge < -0.3 is 5.73 Å². The number of hydrogen-bond acceptors (Lipinski definition) is 4. The van der Waals surface area contributed by atoms with Crippen molar-refractivity contribution in [2.24, 2.45) is 5.73 Å². The molecule has 0 aliphatic heterocycles. The number of thiophene rings is 1. The Kier molecular flexibility index (Phi) is 3.21. The first-order valence-corrected chi connectivity index (χ1v) is 5.71. The average Bonchev–Trinajstić information content (AvgIpc) is 2.58. The molecule has 0 saturated heterocycles. The van der Waals surface area contributed by atoms with E-state index in [9.17, 15) is 0 Å². The molecule has 15 heavy (non-hydrogen) atoms. The van der Waals surface area contributed by atoms with E-state index in [2.05, 4.69) is 9.97 Å². The molecule has 0 aliphatic rings. The van der Waals surface area contributed by atoms with E-state index in [-0.39, 0.29) is 6.04 Å². The highest BCUT2D eigenvalue weighted by molar-refractivity contribution is 7.20. The summed E-state index contributed by atoms with van der Waals surface area (Å²) >= 11 is 13.1. The molecule has 2 aromatic heterocycles. The molecule has 0 radical (unpaired) electrons. The first kappa shape index (κ1) is 10.8. The summed E-state index contributed by atoms with van der Waals surface area (Å²) in [6.07, 6.45) is 4.79. The summed E-state index contributed by atoms with van der Waals surface area (Å²) in [5.74, 6) is 0. The van der Waals surface area contributed by atoms with E-state index < -0.39 is 0 Å². The van der Waals surface area contributed by atoms with Crippen LogP contribution in [0.25, 0.3) is 0 Å². The van der Waals surface area contributed by atoms with Crippen molar-refractivity contribution in [1.29, 1.82) is 0 Å². The van der Waals surface area contributed by atoms with Crippen LogP contribution >= 0.6 is 34.5 Å². The van der Waals surface area contributed by atoms with Gasteiger partial charge in [-0.25, -0.2) is 9.97 Å². The van der Waals surface area contributed by atoms with Gasteiger partial charge in [0, 0.05) is 23.5 Å². The van der Waals surface area contributed by atoms with Gasteiger partial charge >= 0.3 is 0 Å². The number of nitrogens with zero attached hydrogens (tertiary/aromatic N) is 2. The average molecular weight is 260 g/mol. The van der Waals surface area contributed by atoms with Crippen LogP contribution in [-0.2, 0) is 0 Å². The standard InChI is InChI=1S/C9H7Cl2N3S/c10-7-1-6(9(11)15-7)8(12)5-2-13-4-14-3-5/h1-4,8H,12H2. The van der Waals surface area contributed by atoms with E-state index in [1.54, 1.807) is 18.5 Å². The zero-order valence-electron chi connectivity index (χ0n) is 7.52. The molecule has 78 valence electrons. The fraction of sp³-hybridized carbons (Fsp3) is 0.111. The first-order chi connectivity index (χ1) is 7.18. The Morgan fingerprint density at radius 1 is 1.27 bits per heavy atom. The van der Waals surface area contributed by atoms with Gasteiger partial charge in [0.2, 0.25) is 0 Å². The maximum Gasteiger partial charge on any atom is 0.115 e. The van der Waals surface area contributed by atoms with Crippen LogP contribution in [-0.4, -0.2) is 9.97 Å². The molecule has 1 unspecified atom stereocenters. The Morgan fingerprint density at radius 3 is 2.47 bits per heavy atom. The highest BCUT2D eigenvalue weighted by atomic mass is 35.5. The number of hydrogen-bond donors (Lipinski definition) is 1. The summed E-state index contributed by atoms with van der Waals surface area (Å²) in [6.45, 7) is 0. The van der Waals surface area contributed by atoms with E-state index in [0.29, 0.717) is 8.67 Å². The minimum Gasteiger partial charge on any atom is -0.320 e. The fourth-order valence-corrected chi connectivity index (χ4v) is 2.77. The smallest absolute Gasteiger partial charge is 0.115 e. The quantitative estimate of drug-likeness (QED) is 0.903. The predicted molar refractivity (Wildman–Crippen MR) is 62.4 cm³/mol. The van der Waals surface area contributed by atoms with E-state index in [0.717, 1.165) is 11.1 Å². The van der Waals surface area contributed by atoms with Crippen LogP contribution in [0, 0.1) is 0 Å². The highest BCUT2D eigenvalue weighted by Crippen LogP contribution is 2.35. The number of nitrogens with two attached hydrogens (primary N) is 1. The third-order valence-corrected chi connectivity index (χ3v) is 3.48. The zero-order valence-corrected chi connectivity index (χ0v) is 9.85. The molecule has 2 rings (SSSR count). The zero-order chi connectivity index (χ0) is 10.8. The Bertz CT molecular complexity index is 458. The number of aromatic nitrogens is 2.